The minimum absolute atomic E-state index is 0.127. The fraction of sp³-hybridized carbons (Fsp3) is 0.269. The van der Waals surface area contributed by atoms with Crippen LogP contribution in [-0.2, 0) is 10.1 Å². The fourth-order valence-corrected chi connectivity index (χ4v) is 5.99. The Labute approximate surface area is 199 Å². The second-order valence-electron chi connectivity index (χ2n) is 9.34. The summed E-state index contributed by atoms with van der Waals surface area (Å²) in [6.45, 7) is 5.22. The molecule has 1 N–H and O–H groups in total. The van der Waals surface area contributed by atoms with E-state index in [1.807, 2.05) is 37.4 Å². The van der Waals surface area contributed by atoms with Gasteiger partial charge in [-0.2, -0.15) is 8.42 Å². The first kappa shape index (κ1) is 21.2. The van der Waals surface area contributed by atoms with Gasteiger partial charge >= 0.3 is 10.1 Å². The first-order chi connectivity index (χ1) is 16.4. The molecule has 4 heterocycles. The van der Waals surface area contributed by atoms with E-state index in [9.17, 15) is 8.42 Å². The molecule has 4 aromatic rings. The van der Waals surface area contributed by atoms with E-state index in [2.05, 4.69) is 27.9 Å². The van der Waals surface area contributed by atoms with Crippen molar-refractivity contribution in [2.24, 2.45) is 5.92 Å². The molecule has 8 heteroatoms. The van der Waals surface area contributed by atoms with Crippen molar-refractivity contribution in [2.45, 2.75) is 17.9 Å². The molecule has 0 amide bonds. The van der Waals surface area contributed by atoms with E-state index in [0.717, 1.165) is 47.0 Å². The molecule has 2 unspecified atom stereocenters. The molecule has 0 bridgehead atoms. The zero-order valence-electron chi connectivity index (χ0n) is 19.1. The first-order valence-corrected chi connectivity index (χ1v) is 12.8. The lowest BCUT2D eigenvalue weighted by Gasteiger charge is -2.40. The van der Waals surface area contributed by atoms with Crippen LogP contribution >= 0.6 is 0 Å². The van der Waals surface area contributed by atoms with Gasteiger partial charge in [0.2, 0.25) is 0 Å². The van der Waals surface area contributed by atoms with Crippen LogP contribution in [0, 0.1) is 12.8 Å². The van der Waals surface area contributed by atoms with Crippen LogP contribution in [-0.4, -0.2) is 56.0 Å². The number of likely N-dealkylation sites (N-methyl/N-ethyl adjacent to an activating group) is 1. The van der Waals surface area contributed by atoms with Crippen molar-refractivity contribution in [3.05, 3.63) is 72.6 Å². The molecule has 2 aromatic heterocycles. The van der Waals surface area contributed by atoms with Gasteiger partial charge in [0.25, 0.3) is 0 Å². The number of aryl methyl sites for hydroxylation is 1. The summed E-state index contributed by atoms with van der Waals surface area (Å²) in [5.74, 6) is 1.03. The quantitative estimate of drug-likeness (QED) is 0.440. The van der Waals surface area contributed by atoms with E-state index in [1.165, 1.54) is 6.54 Å². The third-order valence-electron chi connectivity index (χ3n) is 7.06. The number of H-pyrrole nitrogens is 1. The van der Waals surface area contributed by atoms with E-state index < -0.39 is 10.1 Å². The molecule has 2 fully saturated rings. The highest BCUT2D eigenvalue weighted by Gasteiger charge is 2.43. The van der Waals surface area contributed by atoms with Gasteiger partial charge in [0, 0.05) is 54.3 Å². The Hall–Kier alpha value is -3.36. The van der Waals surface area contributed by atoms with Crippen LogP contribution in [0.3, 0.4) is 0 Å². The van der Waals surface area contributed by atoms with Crippen LogP contribution in [0.1, 0.15) is 5.56 Å². The summed E-state index contributed by atoms with van der Waals surface area (Å²) in [6, 6.07) is 17.2. The van der Waals surface area contributed by atoms with E-state index in [-0.39, 0.29) is 10.6 Å². The number of nitrogens with one attached hydrogen (secondary N) is 1. The summed E-state index contributed by atoms with van der Waals surface area (Å²) in [7, 11) is -1.75. The number of likely N-dealkylation sites (tertiary alicyclic amines) is 1. The lowest BCUT2D eigenvalue weighted by molar-refractivity contribution is 0.0827. The van der Waals surface area contributed by atoms with Crippen LogP contribution in [0.2, 0.25) is 0 Å². The molecular weight excluding hydrogens is 448 g/mol. The number of hydrogen-bond acceptors (Lipinski definition) is 6. The van der Waals surface area contributed by atoms with E-state index in [1.54, 1.807) is 30.5 Å². The van der Waals surface area contributed by atoms with Gasteiger partial charge in [-0.3, -0.25) is 4.98 Å². The van der Waals surface area contributed by atoms with Crippen LogP contribution < -0.4 is 9.08 Å². The highest BCUT2D eigenvalue weighted by molar-refractivity contribution is 7.87. The lowest BCUT2D eigenvalue weighted by Crippen LogP contribution is -2.52. The average molecular weight is 475 g/mol. The molecule has 2 saturated heterocycles. The number of pyridine rings is 1. The van der Waals surface area contributed by atoms with Crippen molar-refractivity contribution in [3.63, 3.8) is 0 Å². The Kier molecular flexibility index (Phi) is 4.89. The summed E-state index contributed by atoms with van der Waals surface area (Å²) >= 11 is 0. The Morgan fingerprint density at radius 2 is 1.85 bits per heavy atom. The molecule has 174 valence electrons. The van der Waals surface area contributed by atoms with Gasteiger partial charge in [0.05, 0.1) is 17.6 Å². The van der Waals surface area contributed by atoms with Crippen molar-refractivity contribution in [2.75, 3.05) is 31.6 Å². The number of aromatic amines is 1. The highest BCUT2D eigenvalue weighted by atomic mass is 32.2. The summed E-state index contributed by atoms with van der Waals surface area (Å²) in [5, 5.41) is 0.693. The summed E-state index contributed by atoms with van der Waals surface area (Å²) < 4.78 is 31.1. The smallest absolute Gasteiger partial charge is 0.339 e. The molecular formula is C26H26N4O3S. The number of rotatable bonds is 5. The molecule has 0 radical (unpaired) electrons. The highest BCUT2D eigenvalue weighted by Crippen LogP contribution is 2.35. The fourth-order valence-electron chi connectivity index (χ4n) is 5.05. The maximum Gasteiger partial charge on any atom is 0.339 e. The topological polar surface area (TPSA) is 78.5 Å². The first-order valence-electron chi connectivity index (χ1n) is 11.4. The molecule has 2 atom stereocenters. The van der Waals surface area contributed by atoms with Crippen LogP contribution in [0.5, 0.6) is 5.75 Å². The zero-order chi connectivity index (χ0) is 23.4. The molecule has 34 heavy (non-hydrogen) atoms. The molecule has 7 nitrogen and oxygen atoms in total. The van der Waals surface area contributed by atoms with E-state index >= 15 is 0 Å². The van der Waals surface area contributed by atoms with Crippen molar-refractivity contribution >= 4 is 26.7 Å². The molecule has 0 saturated carbocycles. The maximum absolute atomic E-state index is 12.8. The summed E-state index contributed by atoms with van der Waals surface area (Å²) in [6.07, 6.45) is 3.51. The Bertz CT molecular complexity index is 1460. The van der Waals surface area contributed by atoms with Gasteiger partial charge < -0.3 is 19.0 Å². The lowest BCUT2D eigenvalue weighted by atomic mass is 9.93. The minimum Gasteiger partial charge on any atom is -0.377 e. The third-order valence-corrected chi connectivity index (χ3v) is 8.31. The van der Waals surface area contributed by atoms with Crippen LogP contribution in [0.25, 0.3) is 22.2 Å². The predicted molar refractivity (Wildman–Crippen MR) is 133 cm³/mol. The van der Waals surface area contributed by atoms with Gasteiger partial charge in [0.15, 0.2) is 5.75 Å². The van der Waals surface area contributed by atoms with Gasteiger partial charge in [-0.15, -0.1) is 0 Å². The number of benzene rings is 2. The van der Waals surface area contributed by atoms with Gasteiger partial charge in [0.1, 0.15) is 4.90 Å². The molecule has 2 aliphatic rings. The number of aromatic nitrogens is 2. The van der Waals surface area contributed by atoms with Gasteiger partial charge in [-0.1, -0.05) is 23.8 Å². The SMILES string of the molecule is Cc1ccc(S(=O)(=O)Oc2c[nH]c3ccc(-c4ccc(N5CC6CN(C)C6C5)cn4)cc23)cc1. The second kappa shape index (κ2) is 7.85. The van der Waals surface area contributed by atoms with E-state index in [0.29, 0.717) is 11.4 Å². The largest absolute Gasteiger partial charge is 0.377 e. The molecule has 2 aliphatic heterocycles. The van der Waals surface area contributed by atoms with Crippen molar-refractivity contribution in [1.29, 1.82) is 0 Å². The average Bonchev–Trinajstić information content (AvgIpc) is 3.39. The summed E-state index contributed by atoms with van der Waals surface area (Å²) in [5.41, 5.74) is 4.66. The number of nitrogens with zero attached hydrogens (tertiary/aromatic N) is 3. The molecule has 2 aromatic carbocycles. The number of fused-ring (bicyclic) bond motifs is 2. The zero-order valence-corrected chi connectivity index (χ0v) is 19.9. The summed E-state index contributed by atoms with van der Waals surface area (Å²) in [4.78, 5) is 12.8. The second-order valence-corrected chi connectivity index (χ2v) is 10.9. The normalized spacial score (nSPS) is 20.4. The Morgan fingerprint density at radius 1 is 1.03 bits per heavy atom. The maximum atomic E-state index is 12.8. The Morgan fingerprint density at radius 3 is 2.56 bits per heavy atom. The Balaban J connectivity index is 1.26. The molecule has 0 spiro atoms. The van der Waals surface area contributed by atoms with Crippen molar-refractivity contribution < 1.29 is 12.6 Å². The monoisotopic (exact) mass is 474 g/mol. The predicted octanol–water partition coefficient (Wildman–Crippen LogP) is 4.06. The third kappa shape index (κ3) is 3.63. The van der Waals surface area contributed by atoms with Crippen LogP contribution in [0.4, 0.5) is 5.69 Å². The van der Waals surface area contributed by atoms with Crippen molar-refractivity contribution in [1.82, 2.24) is 14.9 Å². The molecule has 0 aliphatic carbocycles. The number of hydrogen-bond donors (Lipinski definition) is 1. The van der Waals surface area contributed by atoms with E-state index in [4.69, 9.17) is 9.17 Å². The number of anilines is 1. The standard InChI is InChI=1S/C26H26N4O3S/c1-17-3-7-21(8-4-17)34(31,32)33-26-13-28-24-9-5-18(11-22(24)26)23-10-6-20(12-27-23)30-15-19-14-29(2)25(19)16-30/h3-13,19,25,28H,14-16H2,1-2H3. The van der Waals surface area contributed by atoms with Crippen molar-refractivity contribution in [3.8, 4) is 17.0 Å². The minimum atomic E-state index is -3.94. The molecule has 6 rings (SSSR count). The van der Waals surface area contributed by atoms with Gasteiger partial charge in [-0.25, -0.2) is 0 Å². The van der Waals surface area contributed by atoms with Crippen LogP contribution in [0.15, 0.2) is 71.9 Å². The van der Waals surface area contributed by atoms with Gasteiger partial charge in [-0.05, 0) is 50.4 Å².